The van der Waals surface area contributed by atoms with E-state index in [0.717, 1.165) is 16.9 Å². The van der Waals surface area contributed by atoms with E-state index >= 15 is 0 Å². The van der Waals surface area contributed by atoms with E-state index < -0.39 is 0 Å². The monoisotopic (exact) mass is 303 g/mol. The normalized spacial score (nSPS) is 10.8. The molecule has 0 amide bonds. The van der Waals surface area contributed by atoms with Gasteiger partial charge < -0.3 is 10.0 Å². The number of likely N-dealkylation sites (N-methyl/N-ethyl adjacent to an activating group) is 1. The summed E-state index contributed by atoms with van der Waals surface area (Å²) in [6, 6.07) is 15.3. The second-order valence-corrected chi connectivity index (χ2v) is 5.05. The zero-order valence-electron chi connectivity index (χ0n) is 11.8. The number of benzene rings is 2. The maximum Gasteiger partial charge on any atom is 0.0606 e. The summed E-state index contributed by atoms with van der Waals surface area (Å²) >= 11 is 5.82. The van der Waals surface area contributed by atoms with Crippen LogP contribution in [-0.2, 0) is 0 Å². The van der Waals surface area contributed by atoms with Gasteiger partial charge in [-0.05, 0) is 42.0 Å². The zero-order chi connectivity index (χ0) is 15.1. The number of aliphatic hydroxyl groups excluding tert-OH is 1. The van der Waals surface area contributed by atoms with Crippen molar-refractivity contribution >= 4 is 29.2 Å². The largest absolute Gasteiger partial charge is 0.395 e. The van der Waals surface area contributed by atoms with Crippen LogP contribution in [-0.4, -0.2) is 31.5 Å². The Hall–Kier alpha value is -2.04. The van der Waals surface area contributed by atoms with E-state index in [9.17, 15) is 0 Å². The lowest BCUT2D eigenvalue weighted by atomic mass is 10.2. The Labute approximate surface area is 129 Å². The third kappa shape index (κ3) is 4.77. The molecule has 0 saturated heterocycles. The highest BCUT2D eigenvalue weighted by atomic mass is 35.5. The molecule has 2 N–H and O–H groups in total. The first-order chi connectivity index (χ1) is 10.2. The summed E-state index contributed by atoms with van der Waals surface area (Å²) in [5.41, 5.74) is 5.89. The summed E-state index contributed by atoms with van der Waals surface area (Å²) in [6.07, 6.45) is 1.75. The molecule has 0 aromatic heterocycles. The predicted octanol–water partition coefficient (Wildman–Crippen LogP) is 3.21. The van der Waals surface area contributed by atoms with Crippen molar-refractivity contribution in [2.24, 2.45) is 5.10 Å². The van der Waals surface area contributed by atoms with Crippen LogP contribution in [0.1, 0.15) is 5.56 Å². The average molecular weight is 304 g/mol. The topological polar surface area (TPSA) is 47.9 Å². The van der Waals surface area contributed by atoms with E-state index in [-0.39, 0.29) is 6.61 Å². The molecular formula is C16H18ClN3O. The number of hydrazone groups is 1. The Morgan fingerprint density at radius 2 is 1.81 bits per heavy atom. The molecule has 0 aliphatic carbocycles. The highest BCUT2D eigenvalue weighted by molar-refractivity contribution is 6.30. The zero-order valence-corrected chi connectivity index (χ0v) is 12.6. The fourth-order valence-electron chi connectivity index (χ4n) is 1.80. The van der Waals surface area contributed by atoms with E-state index in [1.165, 1.54) is 0 Å². The molecule has 21 heavy (non-hydrogen) atoms. The number of halogens is 1. The van der Waals surface area contributed by atoms with Crippen molar-refractivity contribution in [1.82, 2.24) is 0 Å². The number of nitrogens with zero attached hydrogens (tertiary/aromatic N) is 2. The van der Waals surface area contributed by atoms with Crippen molar-refractivity contribution in [1.29, 1.82) is 0 Å². The molecule has 0 bridgehead atoms. The van der Waals surface area contributed by atoms with Crippen LogP contribution < -0.4 is 10.3 Å². The number of hydrogen-bond acceptors (Lipinski definition) is 4. The third-order valence-electron chi connectivity index (χ3n) is 3.02. The second-order valence-electron chi connectivity index (χ2n) is 4.61. The number of hydrogen-bond donors (Lipinski definition) is 2. The van der Waals surface area contributed by atoms with Crippen LogP contribution in [0.5, 0.6) is 0 Å². The van der Waals surface area contributed by atoms with Crippen molar-refractivity contribution in [2.45, 2.75) is 0 Å². The fraction of sp³-hybridized carbons (Fsp3) is 0.188. The van der Waals surface area contributed by atoms with E-state index in [0.29, 0.717) is 11.6 Å². The van der Waals surface area contributed by atoms with E-state index in [2.05, 4.69) is 10.5 Å². The summed E-state index contributed by atoms with van der Waals surface area (Å²) in [5, 5.41) is 13.8. The van der Waals surface area contributed by atoms with Gasteiger partial charge in [0.05, 0.1) is 18.5 Å². The Morgan fingerprint density at radius 1 is 1.14 bits per heavy atom. The summed E-state index contributed by atoms with van der Waals surface area (Å²) in [5.74, 6) is 0. The molecule has 4 nitrogen and oxygen atoms in total. The van der Waals surface area contributed by atoms with Crippen molar-refractivity contribution in [2.75, 3.05) is 30.5 Å². The SMILES string of the molecule is CN(CCO)c1ccc(/C=N\Nc2ccc(Cl)cc2)cc1. The minimum absolute atomic E-state index is 0.144. The maximum atomic E-state index is 8.91. The highest BCUT2D eigenvalue weighted by Crippen LogP contribution is 2.14. The summed E-state index contributed by atoms with van der Waals surface area (Å²) in [4.78, 5) is 1.99. The molecule has 0 aliphatic rings. The molecule has 2 aromatic rings. The van der Waals surface area contributed by atoms with E-state index in [4.69, 9.17) is 16.7 Å². The van der Waals surface area contributed by atoms with Gasteiger partial charge in [0.25, 0.3) is 0 Å². The van der Waals surface area contributed by atoms with Gasteiger partial charge in [0.1, 0.15) is 0 Å². The Balaban J connectivity index is 1.93. The van der Waals surface area contributed by atoms with Crippen LogP contribution in [0.15, 0.2) is 53.6 Å². The lowest BCUT2D eigenvalue weighted by Gasteiger charge is -2.17. The number of nitrogens with one attached hydrogen (secondary N) is 1. The quantitative estimate of drug-likeness (QED) is 0.636. The molecule has 110 valence electrons. The van der Waals surface area contributed by atoms with Crippen LogP contribution in [0, 0.1) is 0 Å². The Kier molecular flexibility index (Phi) is 5.60. The minimum Gasteiger partial charge on any atom is -0.395 e. The van der Waals surface area contributed by atoms with Crippen molar-refractivity contribution in [3.63, 3.8) is 0 Å². The lowest BCUT2D eigenvalue weighted by Crippen LogP contribution is -2.20. The van der Waals surface area contributed by atoms with E-state index in [1.807, 2.05) is 60.5 Å². The predicted molar refractivity (Wildman–Crippen MR) is 89.5 cm³/mol. The molecule has 2 rings (SSSR count). The first-order valence-corrected chi connectivity index (χ1v) is 7.03. The first kappa shape index (κ1) is 15.4. The van der Waals surface area contributed by atoms with Crippen molar-refractivity contribution in [3.05, 3.63) is 59.1 Å². The van der Waals surface area contributed by atoms with Gasteiger partial charge in [-0.3, -0.25) is 5.43 Å². The Bertz CT molecular complexity index is 581. The van der Waals surface area contributed by atoms with Crippen LogP contribution in [0.2, 0.25) is 5.02 Å². The first-order valence-electron chi connectivity index (χ1n) is 6.66. The van der Waals surface area contributed by atoms with Crippen molar-refractivity contribution < 1.29 is 5.11 Å². The minimum atomic E-state index is 0.144. The molecule has 0 unspecified atom stereocenters. The Morgan fingerprint density at radius 3 is 2.43 bits per heavy atom. The molecule has 0 radical (unpaired) electrons. The molecule has 0 aliphatic heterocycles. The molecule has 0 fully saturated rings. The lowest BCUT2D eigenvalue weighted by molar-refractivity contribution is 0.304. The molecule has 0 saturated carbocycles. The van der Waals surface area contributed by atoms with Gasteiger partial charge in [-0.1, -0.05) is 23.7 Å². The maximum absolute atomic E-state index is 8.91. The van der Waals surface area contributed by atoms with Gasteiger partial charge in [-0.15, -0.1) is 0 Å². The number of aliphatic hydroxyl groups is 1. The van der Waals surface area contributed by atoms with Gasteiger partial charge in [-0.25, -0.2) is 0 Å². The van der Waals surface area contributed by atoms with Gasteiger partial charge in [0.15, 0.2) is 0 Å². The molecule has 2 aromatic carbocycles. The average Bonchev–Trinajstić information content (AvgIpc) is 2.50. The molecule has 5 heteroatoms. The van der Waals surface area contributed by atoms with Gasteiger partial charge in [0.2, 0.25) is 0 Å². The van der Waals surface area contributed by atoms with Gasteiger partial charge in [-0.2, -0.15) is 5.10 Å². The van der Waals surface area contributed by atoms with Crippen molar-refractivity contribution in [3.8, 4) is 0 Å². The van der Waals surface area contributed by atoms with Gasteiger partial charge >= 0.3 is 0 Å². The van der Waals surface area contributed by atoms with Crippen LogP contribution >= 0.6 is 11.6 Å². The highest BCUT2D eigenvalue weighted by Gasteiger charge is 1.98. The molecule has 0 heterocycles. The van der Waals surface area contributed by atoms with Crippen LogP contribution in [0.4, 0.5) is 11.4 Å². The van der Waals surface area contributed by atoms with Crippen LogP contribution in [0.3, 0.4) is 0 Å². The standard InChI is InChI=1S/C16H18ClN3O/c1-20(10-11-21)16-8-2-13(3-9-16)12-18-19-15-6-4-14(17)5-7-15/h2-9,12,19,21H,10-11H2,1H3/b18-12-. The van der Waals surface area contributed by atoms with Gasteiger partial charge in [0, 0.05) is 24.3 Å². The molecule has 0 spiro atoms. The van der Waals surface area contributed by atoms with E-state index in [1.54, 1.807) is 6.21 Å². The number of rotatable bonds is 6. The molecular weight excluding hydrogens is 286 g/mol. The second kappa shape index (κ2) is 7.67. The summed E-state index contributed by atoms with van der Waals surface area (Å²) < 4.78 is 0. The fourth-order valence-corrected chi connectivity index (χ4v) is 1.93. The smallest absolute Gasteiger partial charge is 0.0606 e. The third-order valence-corrected chi connectivity index (χ3v) is 3.27. The van der Waals surface area contributed by atoms with Crippen LogP contribution in [0.25, 0.3) is 0 Å². The summed E-state index contributed by atoms with van der Waals surface area (Å²) in [6.45, 7) is 0.760. The summed E-state index contributed by atoms with van der Waals surface area (Å²) in [7, 11) is 1.95. The number of anilines is 2. The molecule has 0 atom stereocenters.